The van der Waals surface area contributed by atoms with Crippen molar-refractivity contribution in [3.8, 4) is 0 Å². The van der Waals surface area contributed by atoms with E-state index >= 15 is 0 Å². The molecule has 0 spiro atoms. The van der Waals surface area contributed by atoms with Gasteiger partial charge in [-0.3, -0.25) is 4.79 Å². The molecule has 1 aliphatic heterocycles. The van der Waals surface area contributed by atoms with Gasteiger partial charge in [-0.15, -0.1) is 0 Å². The van der Waals surface area contributed by atoms with Gasteiger partial charge >= 0.3 is 0 Å². The number of anilines is 1. The van der Waals surface area contributed by atoms with Crippen molar-refractivity contribution in [1.29, 1.82) is 0 Å². The molecule has 0 aromatic heterocycles. The van der Waals surface area contributed by atoms with Gasteiger partial charge in [-0.05, 0) is 31.5 Å². The number of nitrogens with one attached hydrogen (secondary N) is 1. The Morgan fingerprint density at radius 2 is 1.91 bits per heavy atom. The summed E-state index contributed by atoms with van der Waals surface area (Å²) in [5.74, 6) is -3.01. The number of halogens is 2. The fraction of sp³-hybridized carbons (Fsp3) is 0.348. The third-order valence-electron chi connectivity index (χ3n) is 5.17. The lowest BCUT2D eigenvalue weighted by Gasteiger charge is -2.40. The lowest BCUT2D eigenvalue weighted by Crippen LogP contribution is -2.56. The monoisotopic (exact) mass is 444 g/mol. The van der Waals surface area contributed by atoms with Crippen LogP contribution in [0.4, 0.5) is 14.5 Å². The first kappa shape index (κ1) is 23.2. The highest BCUT2D eigenvalue weighted by Gasteiger charge is 2.43. The van der Waals surface area contributed by atoms with Crippen molar-refractivity contribution in [3.63, 3.8) is 0 Å². The number of carbonyl (C=O) groups is 1. The van der Waals surface area contributed by atoms with E-state index in [-0.39, 0.29) is 31.3 Å². The molecule has 1 fully saturated rings. The summed E-state index contributed by atoms with van der Waals surface area (Å²) in [6, 6.07) is 12.7. The number of amides is 1. The molecular weight excluding hydrogens is 418 g/mol. The Hall–Kier alpha value is -3.49. The van der Waals surface area contributed by atoms with Gasteiger partial charge in [0.25, 0.3) is 11.8 Å². The van der Waals surface area contributed by atoms with Gasteiger partial charge in [-0.25, -0.2) is 8.78 Å². The van der Waals surface area contributed by atoms with Gasteiger partial charge < -0.3 is 19.9 Å². The van der Waals surface area contributed by atoms with E-state index in [1.54, 1.807) is 30.0 Å². The van der Waals surface area contributed by atoms with Crippen LogP contribution >= 0.6 is 0 Å². The second-order valence-electron chi connectivity index (χ2n) is 7.52. The molecule has 0 saturated carbocycles. The van der Waals surface area contributed by atoms with Crippen LogP contribution in [0.5, 0.6) is 0 Å². The van der Waals surface area contributed by atoms with E-state index in [4.69, 9.17) is 9.68 Å². The van der Waals surface area contributed by atoms with Crippen LogP contribution in [0.2, 0.25) is 0 Å². The average molecular weight is 444 g/mol. The first-order valence-corrected chi connectivity index (χ1v) is 10.1. The van der Waals surface area contributed by atoms with E-state index in [0.29, 0.717) is 11.3 Å². The molecule has 2 aromatic carbocycles. The molecular formula is C23H26F2N4O3. The van der Waals surface area contributed by atoms with E-state index < -0.39 is 5.92 Å². The number of aryl methyl sites for hydroxylation is 1. The van der Waals surface area contributed by atoms with Crippen LogP contribution in [-0.4, -0.2) is 50.5 Å². The van der Waals surface area contributed by atoms with Crippen LogP contribution < -0.4 is 10.2 Å². The fourth-order valence-corrected chi connectivity index (χ4v) is 3.41. The molecule has 1 amide bonds. The number of benzene rings is 2. The second-order valence-corrected chi connectivity index (χ2v) is 7.52. The van der Waals surface area contributed by atoms with E-state index in [1.165, 1.54) is 14.2 Å². The van der Waals surface area contributed by atoms with Crippen LogP contribution in [0.3, 0.4) is 0 Å². The Kier molecular flexibility index (Phi) is 7.07. The maximum atomic E-state index is 13.2. The van der Waals surface area contributed by atoms with Gasteiger partial charge in [0.2, 0.25) is 0 Å². The minimum absolute atomic E-state index is 0.108. The number of likely N-dealkylation sites (N-methyl/N-ethyl adjacent to an activating group) is 1. The molecule has 3 rings (SSSR count). The average Bonchev–Trinajstić information content (AvgIpc) is 2.76. The summed E-state index contributed by atoms with van der Waals surface area (Å²) in [6.45, 7) is 3.23. The molecule has 170 valence electrons. The van der Waals surface area contributed by atoms with Gasteiger partial charge in [0.1, 0.15) is 13.7 Å². The van der Waals surface area contributed by atoms with Gasteiger partial charge in [-0.1, -0.05) is 40.6 Å². The summed E-state index contributed by atoms with van der Waals surface area (Å²) < 4.78 is 26.4. The molecule has 0 aliphatic carbocycles. The largest absolute Gasteiger partial charge is 0.398 e. The predicted octanol–water partition coefficient (Wildman–Crippen LogP) is 3.49. The Bertz CT molecular complexity index is 1050. The molecule has 1 aliphatic rings. The minimum Gasteiger partial charge on any atom is -0.398 e. The maximum absolute atomic E-state index is 13.2. The quantitative estimate of drug-likeness (QED) is 0.500. The summed E-state index contributed by atoms with van der Waals surface area (Å²) in [7, 11) is 2.89. The summed E-state index contributed by atoms with van der Waals surface area (Å²) in [4.78, 5) is 24.3. The zero-order chi connectivity index (χ0) is 23.3. The molecule has 2 aromatic rings. The third-order valence-corrected chi connectivity index (χ3v) is 5.17. The normalized spacial score (nSPS) is 15.8. The lowest BCUT2D eigenvalue weighted by molar-refractivity contribution is -0.114. The van der Waals surface area contributed by atoms with Crippen LogP contribution in [0.15, 0.2) is 52.8 Å². The van der Waals surface area contributed by atoms with Gasteiger partial charge in [0.05, 0.1) is 18.8 Å². The first-order valence-electron chi connectivity index (χ1n) is 10.1. The molecule has 0 radical (unpaired) electrons. The minimum atomic E-state index is -2.63. The van der Waals surface area contributed by atoms with E-state index in [2.05, 4.69) is 15.6 Å². The Morgan fingerprint density at radius 1 is 1.19 bits per heavy atom. The zero-order valence-corrected chi connectivity index (χ0v) is 18.5. The zero-order valence-electron chi connectivity index (χ0n) is 18.5. The number of carbonyl (C=O) groups excluding carboxylic acids is 1. The van der Waals surface area contributed by atoms with Gasteiger partial charge in [-0.2, -0.15) is 0 Å². The lowest BCUT2D eigenvalue weighted by atomic mass is 9.98. The van der Waals surface area contributed by atoms with Crippen molar-refractivity contribution >= 4 is 23.0 Å². The Balaban J connectivity index is 1.76. The Morgan fingerprint density at radius 3 is 2.56 bits per heavy atom. The first-order chi connectivity index (χ1) is 15.3. The van der Waals surface area contributed by atoms with E-state index in [1.807, 2.05) is 31.2 Å². The Labute approximate surface area is 185 Å². The molecule has 32 heavy (non-hydrogen) atoms. The van der Waals surface area contributed by atoms with Crippen molar-refractivity contribution in [2.45, 2.75) is 26.4 Å². The molecule has 7 nitrogen and oxygen atoms in total. The van der Waals surface area contributed by atoms with Crippen molar-refractivity contribution in [2.24, 2.45) is 10.3 Å². The standard InChI is InChI=1S/C23H26F2N4O3/c1-15-7-5-10-19(21(28-31-4)22(30)26-3)20(15)12-32-27-16(2)17-8-6-9-18(11-17)29-13-23(24,25)14-29/h5-11H,12-14H2,1-4H3,(H,26,30)/b27-16+,28-21+. The fourth-order valence-electron chi connectivity index (χ4n) is 3.41. The number of rotatable bonds is 8. The van der Waals surface area contributed by atoms with Crippen LogP contribution in [0, 0.1) is 6.92 Å². The van der Waals surface area contributed by atoms with Gasteiger partial charge in [0, 0.05) is 29.4 Å². The summed E-state index contributed by atoms with van der Waals surface area (Å²) >= 11 is 0. The van der Waals surface area contributed by atoms with Crippen molar-refractivity contribution in [3.05, 3.63) is 64.7 Å². The molecule has 0 atom stereocenters. The smallest absolute Gasteiger partial charge is 0.282 e. The van der Waals surface area contributed by atoms with Crippen molar-refractivity contribution < 1.29 is 23.3 Å². The number of hydrogen-bond donors (Lipinski definition) is 1. The number of nitrogens with zero attached hydrogens (tertiary/aromatic N) is 3. The molecule has 1 N–H and O–H groups in total. The summed E-state index contributed by atoms with van der Waals surface area (Å²) in [5.41, 5.74) is 4.47. The third kappa shape index (κ3) is 5.22. The highest BCUT2D eigenvalue weighted by atomic mass is 19.3. The van der Waals surface area contributed by atoms with Crippen molar-refractivity contribution in [2.75, 3.05) is 32.1 Å². The van der Waals surface area contributed by atoms with Crippen LogP contribution in [0.25, 0.3) is 0 Å². The highest BCUT2D eigenvalue weighted by molar-refractivity contribution is 6.45. The maximum Gasteiger partial charge on any atom is 0.282 e. The molecule has 0 unspecified atom stereocenters. The predicted molar refractivity (Wildman–Crippen MR) is 119 cm³/mol. The SMILES string of the molecule is CNC(=O)/C(=N/OC)c1cccc(C)c1CO/N=C(\C)c1cccc(N2CC(F)(F)C2)c1. The van der Waals surface area contributed by atoms with E-state index in [0.717, 1.165) is 22.4 Å². The molecule has 1 saturated heterocycles. The second kappa shape index (κ2) is 9.76. The van der Waals surface area contributed by atoms with Crippen LogP contribution in [-0.2, 0) is 21.1 Å². The molecule has 1 heterocycles. The summed E-state index contributed by atoms with van der Waals surface area (Å²) in [5, 5.41) is 10.6. The van der Waals surface area contributed by atoms with E-state index in [9.17, 15) is 13.6 Å². The highest BCUT2D eigenvalue weighted by Crippen LogP contribution is 2.32. The topological polar surface area (TPSA) is 75.5 Å². The number of alkyl halides is 2. The number of oxime groups is 2. The van der Waals surface area contributed by atoms with Gasteiger partial charge in [0.15, 0.2) is 5.71 Å². The summed E-state index contributed by atoms with van der Waals surface area (Å²) in [6.07, 6.45) is 0. The number of hydrogen-bond acceptors (Lipinski definition) is 6. The van der Waals surface area contributed by atoms with Crippen LogP contribution in [0.1, 0.15) is 29.2 Å². The molecule has 9 heteroatoms. The molecule has 0 bridgehead atoms. The van der Waals surface area contributed by atoms with Crippen molar-refractivity contribution in [1.82, 2.24) is 5.32 Å².